The van der Waals surface area contributed by atoms with Crippen LogP contribution in [-0.4, -0.2) is 54.7 Å². The van der Waals surface area contributed by atoms with Gasteiger partial charge in [0.15, 0.2) is 0 Å². The zero-order chi connectivity index (χ0) is 13.9. The first kappa shape index (κ1) is 13.8. The number of hydrogen-bond acceptors (Lipinski definition) is 4. The van der Waals surface area contributed by atoms with Crippen LogP contribution in [0.2, 0.25) is 0 Å². The van der Waals surface area contributed by atoms with E-state index in [9.17, 15) is 4.79 Å². The SMILES string of the molecule is CN(c1ccccc1)[C@@H]1CN[C@H](C(=O)N2CCSC2)C1. The van der Waals surface area contributed by atoms with Crippen LogP contribution in [0.5, 0.6) is 0 Å². The summed E-state index contributed by atoms with van der Waals surface area (Å²) >= 11 is 1.84. The summed E-state index contributed by atoms with van der Waals surface area (Å²) in [5, 5.41) is 3.39. The minimum absolute atomic E-state index is 0.00939. The summed E-state index contributed by atoms with van der Waals surface area (Å²) in [4.78, 5) is 16.6. The Balaban J connectivity index is 1.60. The van der Waals surface area contributed by atoms with Crippen molar-refractivity contribution < 1.29 is 4.79 Å². The van der Waals surface area contributed by atoms with Gasteiger partial charge < -0.3 is 15.1 Å². The van der Waals surface area contributed by atoms with E-state index in [-0.39, 0.29) is 11.9 Å². The Morgan fingerprint density at radius 1 is 1.40 bits per heavy atom. The van der Waals surface area contributed by atoms with E-state index in [1.165, 1.54) is 5.69 Å². The van der Waals surface area contributed by atoms with E-state index in [1.807, 2.05) is 22.7 Å². The van der Waals surface area contributed by atoms with Crippen molar-refractivity contribution in [1.82, 2.24) is 10.2 Å². The van der Waals surface area contributed by atoms with Gasteiger partial charge in [0.2, 0.25) is 5.91 Å². The van der Waals surface area contributed by atoms with E-state index in [2.05, 4.69) is 41.5 Å². The van der Waals surface area contributed by atoms with E-state index in [4.69, 9.17) is 0 Å². The van der Waals surface area contributed by atoms with E-state index >= 15 is 0 Å². The molecule has 0 unspecified atom stereocenters. The number of carbonyl (C=O) groups is 1. The average molecular weight is 291 g/mol. The maximum Gasteiger partial charge on any atom is 0.240 e. The Labute approximate surface area is 124 Å². The number of likely N-dealkylation sites (N-methyl/N-ethyl adjacent to an activating group) is 1. The second-order valence-corrected chi connectivity index (χ2v) is 6.51. The van der Waals surface area contributed by atoms with Gasteiger partial charge in [0.25, 0.3) is 0 Å². The molecule has 1 aromatic carbocycles. The fourth-order valence-electron chi connectivity index (χ4n) is 2.88. The number of amides is 1. The van der Waals surface area contributed by atoms with Gasteiger partial charge in [0.05, 0.1) is 11.9 Å². The van der Waals surface area contributed by atoms with Crippen molar-refractivity contribution in [2.75, 3.05) is 36.7 Å². The second kappa shape index (κ2) is 6.06. The number of para-hydroxylation sites is 1. The minimum Gasteiger partial charge on any atom is -0.370 e. The fraction of sp³-hybridized carbons (Fsp3) is 0.533. The highest BCUT2D eigenvalue weighted by molar-refractivity contribution is 7.99. The van der Waals surface area contributed by atoms with Crippen molar-refractivity contribution in [2.45, 2.75) is 18.5 Å². The maximum atomic E-state index is 12.4. The van der Waals surface area contributed by atoms with Gasteiger partial charge in [0.1, 0.15) is 0 Å². The molecule has 108 valence electrons. The Kier molecular flexibility index (Phi) is 4.17. The summed E-state index contributed by atoms with van der Waals surface area (Å²) in [5.41, 5.74) is 1.21. The maximum absolute atomic E-state index is 12.4. The highest BCUT2D eigenvalue weighted by Gasteiger charge is 2.34. The van der Waals surface area contributed by atoms with Gasteiger partial charge in [-0.15, -0.1) is 11.8 Å². The molecule has 2 atom stereocenters. The molecule has 0 saturated carbocycles. The minimum atomic E-state index is -0.00939. The van der Waals surface area contributed by atoms with Gasteiger partial charge in [-0.05, 0) is 18.6 Å². The molecule has 2 heterocycles. The third-order valence-corrected chi connectivity index (χ3v) is 5.15. The molecule has 0 aromatic heterocycles. The molecular weight excluding hydrogens is 270 g/mol. The van der Waals surface area contributed by atoms with E-state index in [1.54, 1.807) is 0 Å². The summed E-state index contributed by atoms with van der Waals surface area (Å²) in [6.45, 7) is 1.78. The van der Waals surface area contributed by atoms with Crippen LogP contribution >= 0.6 is 11.8 Å². The molecule has 1 amide bonds. The highest BCUT2D eigenvalue weighted by Crippen LogP contribution is 2.22. The first-order valence-corrected chi connectivity index (χ1v) is 8.29. The molecule has 1 N–H and O–H groups in total. The molecule has 0 bridgehead atoms. The topological polar surface area (TPSA) is 35.6 Å². The number of nitrogens with one attached hydrogen (secondary N) is 1. The Morgan fingerprint density at radius 3 is 2.90 bits per heavy atom. The summed E-state index contributed by atoms with van der Waals surface area (Å²) in [6.07, 6.45) is 0.894. The normalized spacial score (nSPS) is 25.9. The number of anilines is 1. The van der Waals surface area contributed by atoms with Crippen LogP contribution in [0, 0.1) is 0 Å². The molecule has 2 aliphatic heterocycles. The standard InChI is InChI=1S/C15H21N3OS/c1-17(12-5-3-2-4-6-12)13-9-14(16-10-13)15(19)18-7-8-20-11-18/h2-6,13-14,16H,7-11H2,1H3/t13-,14-/m0/s1. The summed E-state index contributed by atoms with van der Waals surface area (Å²) in [5.74, 6) is 2.21. The molecule has 5 heteroatoms. The third-order valence-electron chi connectivity index (χ3n) is 4.18. The number of hydrogen-bond donors (Lipinski definition) is 1. The molecule has 3 rings (SSSR count). The molecule has 2 fully saturated rings. The number of benzene rings is 1. The Morgan fingerprint density at radius 2 is 2.20 bits per heavy atom. The van der Waals surface area contributed by atoms with Crippen LogP contribution in [0.3, 0.4) is 0 Å². The van der Waals surface area contributed by atoms with Crippen LogP contribution in [0.15, 0.2) is 30.3 Å². The highest BCUT2D eigenvalue weighted by atomic mass is 32.2. The lowest BCUT2D eigenvalue weighted by Gasteiger charge is -2.26. The van der Waals surface area contributed by atoms with Crippen LogP contribution in [-0.2, 0) is 4.79 Å². The number of nitrogens with zero attached hydrogens (tertiary/aromatic N) is 2. The lowest BCUT2D eigenvalue weighted by molar-refractivity contribution is -0.131. The molecule has 2 saturated heterocycles. The zero-order valence-electron chi connectivity index (χ0n) is 11.8. The van der Waals surface area contributed by atoms with E-state index in [0.29, 0.717) is 6.04 Å². The monoisotopic (exact) mass is 291 g/mol. The first-order chi connectivity index (χ1) is 9.75. The molecule has 1 aromatic rings. The van der Waals surface area contributed by atoms with E-state index in [0.717, 1.165) is 31.1 Å². The smallest absolute Gasteiger partial charge is 0.240 e. The lowest BCUT2D eigenvalue weighted by atomic mass is 10.1. The van der Waals surface area contributed by atoms with Crippen molar-refractivity contribution in [2.24, 2.45) is 0 Å². The Hall–Kier alpha value is -1.20. The van der Waals surface area contributed by atoms with Crippen molar-refractivity contribution in [3.63, 3.8) is 0 Å². The summed E-state index contributed by atoms with van der Waals surface area (Å²) in [7, 11) is 2.11. The van der Waals surface area contributed by atoms with Crippen LogP contribution < -0.4 is 10.2 Å². The molecule has 2 aliphatic rings. The number of carbonyl (C=O) groups excluding carboxylic acids is 1. The molecule has 0 aliphatic carbocycles. The van der Waals surface area contributed by atoms with E-state index < -0.39 is 0 Å². The largest absolute Gasteiger partial charge is 0.370 e. The fourth-order valence-corrected chi connectivity index (χ4v) is 3.84. The third kappa shape index (κ3) is 2.79. The van der Waals surface area contributed by atoms with Crippen molar-refractivity contribution in [3.05, 3.63) is 30.3 Å². The predicted octanol–water partition coefficient (Wildman–Crippen LogP) is 1.39. The van der Waals surface area contributed by atoms with Crippen LogP contribution in [0.4, 0.5) is 5.69 Å². The van der Waals surface area contributed by atoms with Crippen molar-refractivity contribution in [1.29, 1.82) is 0 Å². The van der Waals surface area contributed by atoms with Crippen molar-refractivity contribution >= 4 is 23.4 Å². The van der Waals surface area contributed by atoms with Crippen LogP contribution in [0.1, 0.15) is 6.42 Å². The molecule has 0 radical (unpaired) electrons. The van der Waals surface area contributed by atoms with Gasteiger partial charge >= 0.3 is 0 Å². The quantitative estimate of drug-likeness (QED) is 0.913. The van der Waals surface area contributed by atoms with Gasteiger partial charge in [-0.3, -0.25) is 4.79 Å². The zero-order valence-corrected chi connectivity index (χ0v) is 12.6. The molecule has 0 spiro atoms. The predicted molar refractivity (Wildman–Crippen MR) is 84.1 cm³/mol. The molecule has 20 heavy (non-hydrogen) atoms. The van der Waals surface area contributed by atoms with Gasteiger partial charge in [-0.25, -0.2) is 0 Å². The number of rotatable bonds is 3. The first-order valence-electron chi connectivity index (χ1n) is 7.13. The lowest BCUT2D eigenvalue weighted by Crippen LogP contribution is -2.42. The molecular formula is C15H21N3OS. The summed E-state index contributed by atoms with van der Waals surface area (Å²) < 4.78 is 0. The van der Waals surface area contributed by atoms with Gasteiger partial charge in [-0.2, -0.15) is 0 Å². The summed E-state index contributed by atoms with van der Waals surface area (Å²) in [6, 6.07) is 10.8. The average Bonchev–Trinajstić information content (AvgIpc) is 3.18. The Bertz CT molecular complexity index is 461. The van der Waals surface area contributed by atoms with Crippen molar-refractivity contribution in [3.8, 4) is 0 Å². The second-order valence-electron chi connectivity index (χ2n) is 5.44. The number of thioether (sulfide) groups is 1. The van der Waals surface area contributed by atoms with Gasteiger partial charge in [0, 0.05) is 37.6 Å². The molecule has 4 nitrogen and oxygen atoms in total. The van der Waals surface area contributed by atoms with Crippen LogP contribution in [0.25, 0.3) is 0 Å². The van der Waals surface area contributed by atoms with Gasteiger partial charge in [-0.1, -0.05) is 18.2 Å².